The first-order chi connectivity index (χ1) is 23.7. The number of aromatic nitrogens is 2. The molecule has 0 saturated carbocycles. The third kappa shape index (κ3) is 9.21. The van der Waals surface area contributed by atoms with Crippen LogP contribution in [0.4, 0.5) is 0 Å². The highest BCUT2D eigenvalue weighted by molar-refractivity contribution is 5.98. The van der Waals surface area contributed by atoms with Crippen molar-refractivity contribution in [1.82, 2.24) is 30.6 Å². The van der Waals surface area contributed by atoms with Crippen molar-refractivity contribution in [2.24, 2.45) is 0 Å². The lowest BCUT2D eigenvalue weighted by atomic mass is 9.98. The van der Waals surface area contributed by atoms with Crippen molar-refractivity contribution in [1.29, 1.82) is 0 Å². The molecule has 0 aliphatic carbocycles. The number of carbonyl (C=O) groups excluding carboxylic acids is 3. The van der Waals surface area contributed by atoms with Crippen LogP contribution in [-0.2, 0) is 4.79 Å². The molecule has 9 nitrogen and oxygen atoms in total. The predicted molar refractivity (Wildman–Crippen MR) is 199 cm³/mol. The topological polar surface area (TPSA) is 108 Å². The fourth-order valence-corrected chi connectivity index (χ4v) is 5.74. The van der Waals surface area contributed by atoms with Crippen LogP contribution in [0.2, 0.25) is 0 Å². The fraction of sp³-hybridized carbons (Fsp3) is 0.300. The lowest BCUT2D eigenvalue weighted by Gasteiger charge is -2.23. The molecular weight excluding hydrogens is 612 g/mol. The van der Waals surface area contributed by atoms with Gasteiger partial charge < -0.3 is 20.9 Å². The van der Waals surface area contributed by atoms with Crippen molar-refractivity contribution in [2.75, 3.05) is 33.7 Å². The molecular formula is C40H48N6O3. The number of para-hydroxylation sites is 1. The summed E-state index contributed by atoms with van der Waals surface area (Å²) in [5.74, 6) is -0.593. The maximum Gasteiger partial charge on any atom is 0.254 e. The molecule has 9 heteroatoms. The number of amides is 3. The molecule has 3 amide bonds. The van der Waals surface area contributed by atoms with Crippen molar-refractivity contribution < 1.29 is 14.4 Å². The Kier molecular flexibility index (Phi) is 13.2. The number of nitrogens with zero attached hydrogens (tertiary/aromatic N) is 3. The fourth-order valence-electron chi connectivity index (χ4n) is 5.74. The lowest BCUT2D eigenvalue weighted by Crippen LogP contribution is -2.43. The Bertz CT molecular complexity index is 1830. The summed E-state index contributed by atoms with van der Waals surface area (Å²) in [5, 5.41) is 15.1. The summed E-state index contributed by atoms with van der Waals surface area (Å²) in [4.78, 5) is 40.5. The SMILES string of the molecule is C/C=C\C(=C/C)C(NC(=O)CN(C)C(=O)c1ccc(-n2nc(-c3ccc(C(=O)NCCCNC)cc3)c3ccccc32)cc1)/C(C)=C/CC. The largest absolute Gasteiger partial charge is 0.352 e. The van der Waals surface area contributed by atoms with Gasteiger partial charge in [0.25, 0.3) is 11.8 Å². The molecule has 0 aliphatic rings. The summed E-state index contributed by atoms with van der Waals surface area (Å²) in [6, 6.07) is 22.4. The van der Waals surface area contributed by atoms with E-state index in [0.717, 1.165) is 58.4 Å². The van der Waals surface area contributed by atoms with Crippen molar-refractivity contribution in [3.63, 3.8) is 0 Å². The standard InChI is InChI=1S/C40H48N6O3/c1-7-13-28(4)37(29(9-3)14-8-2)43-36(47)27-45(6)40(49)32-21-23-33(24-22-32)46-35-16-11-10-15-34(35)38(44-46)30-17-19-31(20-18-30)39(48)42-26-12-25-41-5/h8-11,13-24,37,41H,7,12,25-27H2,1-6H3,(H,42,48)(H,43,47)/b14-8-,28-13+,29-9+. The second-order valence-electron chi connectivity index (χ2n) is 11.9. The number of benzene rings is 3. The first-order valence-corrected chi connectivity index (χ1v) is 16.8. The molecule has 4 aromatic rings. The summed E-state index contributed by atoms with van der Waals surface area (Å²) in [7, 11) is 3.52. The van der Waals surface area contributed by atoms with Crippen LogP contribution in [0.25, 0.3) is 27.8 Å². The van der Waals surface area contributed by atoms with E-state index in [1.165, 1.54) is 4.90 Å². The van der Waals surface area contributed by atoms with Crippen molar-refractivity contribution in [2.45, 2.75) is 46.6 Å². The average Bonchev–Trinajstić information content (AvgIpc) is 3.51. The number of likely N-dealkylation sites (N-methyl/N-ethyl adjacent to an activating group) is 1. The van der Waals surface area contributed by atoms with E-state index in [0.29, 0.717) is 17.7 Å². The lowest BCUT2D eigenvalue weighted by molar-refractivity contribution is -0.121. The molecule has 4 rings (SSSR count). The first kappa shape index (κ1) is 36.6. The van der Waals surface area contributed by atoms with Gasteiger partial charge in [0, 0.05) is 35.7 Å². The Balaban J connectivity index is 1.49. The zero-order chi connectivity index (χ0) is 35.3. The van der Waals surface area contributed by atoms with Crippen LogP contribution in [0.15, 0.2) is 108 Å². The molecule has 3 N–H and O–H groups in total. The average molecular weight is 661 g/mol. The summed E-state index contributed by atoms with van der Waals surface area (Å²) >= 11 is 0. The Morgan fingerprint density at radius 3 is 2.29 bits per heavy atom. The van der Waals surface area contributed by atoms with Gasteiger partial charge in [-0.2, -0.15) is 5.10 Å². The molecule has 0 fully saturated rings. The zero-order valence-electron chi connectivity index (χ0n) is 29.4. The summed E-state index contributed by atoms with van der Waals surface area (Å²) in [6.07, 6.45) is 9.76. The zero-order valence-corrected chi connectivity index (χ0v) is 29.4. The number of carbonyl (C=O) groups is 3. The molecule has 0 spiro atoms. The Morgan fingerprint density at radius 2 is 1.63 bits per heavy atom. The number of hydrogen-bond acceptors (Lipinski definition) is 5. The number of fused-ring (bicyclic) bond motifs is 1. The first-order valence-electron chi connectivity index (χ1n) is 16.8. The van der Waals surface area contributed by atoms with Gasteiger partial charge in [0.1, 0.15) is 5.69 Å². The molecule has 3 aromatic carbocycles. The Hall–Kier alpha value is -5.28. The van der Waals surface area contributed by atoms with E-state index in [4.69, 9.17) is 5.10 Å². The predicted octanol–water partition coefficient (Wildman–Crippen LogP) is 6.47. The second-order valence-corrected chi connectivity index (χ2v) is 11.9. The van der Waals surface area contributed by atoms with Crippen LogP contribution in [0.5, 0.6) is 0 Å². The third-order valence-electron chi connectivity index (χ3n) is 8.30. The smallest absolute Gasteiger partial charge is 0.254 e. The van der Waals surface area contributed by atoms with Gasteiger partial charge in [0.05, 0.1) is 23.8 Å². The number of allylic oxidation sites excluding steroid dienone is 3. The van der Waals surface area contributed by atoms with Crippen LogP contribution in [-0.4, -0.2) is 72.2 Å². The van der Waals surface area contributed by atoms with Gasteiger partial charge in [-0.15, -0.1) is 0 Å². The van der Waals surface area contributed by atoms with E-state index in [1.807, 2.05) is 111 Å². The Labute approximate surface area is 289 Å². The second kappa shape index (κ2) is 17.8. The summed E-state index contributed by atoms with van der Waals surface area (Å²) < 4.78 is 1.86. The Morgan fingerprint density at radius 1 is 0.939 bits per heavy atom. The normalized spacial score (nSPS) is 12.7. The van der Waals surface area contributed by atoms with Crippen LogP contribution in [0, 0.1) is 0 Å². The van der Waals surface area contributed by atoms with Crippen molar-refractivity contribution in [3.8, 4) is 16.9 Å². The molecule has 1 unspecified atom stereocenters. The molecule has 0 bridgehead atoms. The van der Waals surface area contributed by atoms with Gasteiger partial charge in [-0.1, -0.05) is 67.1 Å². The van der Waals surface area contributed by atoms with E-state index < -0.39 is 0 Å². The van der Waals surface area contributed by atoms with Gasteiger partial charge in [-0.3, -0.25) is 14.4 Å². The van der Waals surface area contributed by atoms with Gasteiger partial charge in [0.15, 0.2) is 0 Å². The van der Waals surface area contributed by atoms with Gasteiger partial charge in [-0.05, 0) is 95.2 Å². The molecule has 1 atom stereocenters. The highest BCUT2D eigenvalue weighted by Crippen LogP contribution is 2.30. The van der Waals surface area contributed by atoms with Crippen LogP contribution in [0.3, 0.4) is 0 Å². The summed E-state index contributed by atoms with van der Waals surface area (Å²) in [6.45, 7) is 9.35. The highest BCUT2D eigenvalue weighted by atomic mass is 16.2. The molecule has 1 heterocycles. The quantitative estimate of drug-likeness (QED) is 0.0770. The van der Waals surface area contributed by atoms with E-state index in [-0.39, 0.29) is 30.3 Å². The summed E-state index contributed by atoms with van der Waals surface area (Å²) in [5.41, 5.74) is 6.50. The monoisotopic (exact) mass is 660 g/mol. The molecule has 1 aromatic heterocycles. The van der Waals surface area contributed by atoms with E-state index >= 15 is 0 Å². The van der Waals surface area contributed by atoms with Crippen molar-refractivity contribution >= 4 is 28.6 Å². The van der Waals surface area contributed by atoms with Gasteiger partial charge in [0.2, 0.25) is 5.91 Å². The number of rotatable bonds is 15. The molecule has 49 heavy (non-hydrogen) atoms. The molecule has 256 valence electrons. The highest BCUT2D eigenvalue weighted by Gasteiger charge is 2.21. The third-order valence-corrected chi connectivity index (χ3v) is 8.30. The molecule has 0 radical (unpaired) electrons. The maximum atomic E-state index is 13.4. The molecule has 0 saturated heterocycles. The minimum atomic E-state index is -0.263. The number of hydrogen-bond donors (Lipinski definition) is 3. The maximum absolute atomic E-state index is 13.4. The number of nitrogens with one attached hydrogen (secondary N) is 3. The van der Waals surface area contributed by atoms with Gasteiger partial charge in [-0.25, -0.2) is 4.68 Å². The van der Waals surface area contributed by atoms with Crippen LogP contribution < -0.4 is 16.0 Å². The van der Waals surface area contributed by atoms with E-state index in [9.17, 15) is 14.4 Å². The minimum absolute atomic E-state index is 0.0761. The van der Waals surface area contributed by atoms with Crippen LogP contribution in [0.1, 0.15) is 61.3 Å². The van der Waals surface area contributed by atoms with Crippen LogP contribution >= 0.6 is 0 Å². The van der Waals surface area contributed by atoms with E-state index in [2.05, 4.69) is 29.0 Å². The van der Waals surface area contributed by atoms with Crippen molar-refractivity contribution in [3.05, 3.63) is 119 Å². The van der Waals surface area contributed by atoms with Gasteiger partial charge >= 0.3 is 0 Å². The molecule has 0 aliphatic heterocycles. The minimum Gasteiger partial charge on any atom is -0.352 e. The van der Waals surface area contributed by atoms with E-state index in [1.54, 1.807) is 19.2 Å².